The number of benzene rings is 2. The molecule has 2 heterocycles. The van der Waals surface area contributed by atoms with Crippen molar-refractivity contribution in [1.29, 1.82) is 0 Å². The van der Waals surface area contributed by atoms with Crippen molar-refractivity contribution in [2.24, 2.45) is 0 Å². The van der Waals surface area contributed by atoms with Crippen LogP contribution in [0.15, 0.2) is 54.9 Å². The van der Waals surface area contributed by atoms with E-state index in [-0.39, 0.29) is 16.4 Å². The lowest BCUT2D eigenvalue weighted by Crippen LogP contribution is -2.16. The number of para-hydroxylation sites is 1. The smallest absolute Gasteiger partial charge is 0.276 e. The van der Waals surface area contributed by atoms with Gasteiger partial charge in [0.15, 0.2) is 5.69 Å². The Kier molecular flexibility index (Phi) is 4.32. The summed E-state index contributed by atoms with van der Waals surface area (Å²) in [7, 11) is 0. The van der Waals surface area contributed by atoms with Crippen molar-refractivity contribution >= 4 is 44.7 Å². The monoisotopic (exact) mass is 384 g/mol. The van der Waals surface area contributed by atoms with Crippen LogP contribution in [0.2, 0.25) is 5.02 Å². The van der Waals surface area contributed by atoms with E-state index in [4.69, 9.17) is 11.6 Å². The van der Waals surface area contributed by atoms with Crippen molar-refractivity contribution in [3.05, 3.63) is 71.4 Å². The summed E-state index contributed by atoms with van der Waals surface area (Å²) in [4.78, 5) is 25.5. The van der Waals surface area contributed by atoms with Crippen LogP contribution in [-0.2, 0) is 0 Å². The largest absolute Gasteiger partial charge is 0.318 e. The van der Waals surface area contributed by atoms with Crippen molar-refractivity contribution in [3.8, 4) is 10.7 Å². The second kappa shape index (κ2) is 6.78. The van der Waals surface area contributed by atoms with Gasteiger partial charge in [0.05, 0.1) is 15.9 Å². The number of anilines is 1. The van der Waals surface area contributed by atoms with Crippen molar-refractivity contribution in [3.63, 3.8) is 0 Å². The van der Waals surface area contributed by atoms with Gasteiger partial charge in [0, 0.05) is 17.4 Å². The second-order valence-corrected chi connectivity index (χ2v) is 6.79. The molecule has 0 radical (unpaired) electrons. The molecule has 0 aliphatic carbocycles. The number of hydrogen-bond donors (Lipinski definition) is 1. The van der Waals surface area contributed by atoms with Crippen molar-refractivity contribution in [2.75, 3.05) is 5.32 Å². The van der Waals surface area contributed by atoms with Crippen LogP contribution in [-0.4, -0.2) is 20.9 Å². The number of amides is 1. The Morgan fingerprint density at radius 1 is 1.12 bits per heavy atom. The molecule has 0 atom stereocenters. The minimum absolute atomic E-state index is 0.0142. The zero-order valence-electron chi connectivity index (χ0n) is 13.1. The van der Waals surface area contributed by atoms with E-state index in [1.54, 1.807) is 0 Å². The Hall–Kier alpha value is -2.90. The maximum absolute atomic E-state index is 13.9. The molecule has 0 saturated heterocycles. The summed E-state index contributed by atoms with van der Waals surface area (Å²) in [5.41, 5.74) is 1.25. The second-order valence-electron chi connectivity index (χ2n) is 5.32. The summed E-state index contributed by atoms with van der Waals surface area (Å²) in [6, 6.07) is 11.6. The van der Waals surface area contributed by atoms with Crippen LogP contribution in [0.25, 0.3) is 20.9 Å². The topological polar surface area (TPSA) is 67.8 Å². The molecule has 0 saturated carbocycles. The summed E-state index contributed by atoms with van der Waals surface area (Å²) in [6.07, 6.45) is 2.89. The quantitative estimate of drug-likeness (QED) is 0.551. The Morgan fingerprint density at radius 2 is 1.92 bits per heavy atom. The van der Waals surface area contributed by atoms with Gasteiger partial charge in [0.1, 0.15) is 16.5 Å². The number of nitrogens with zero attached hydrogens (tertiary/aromatic N) is 3. The molecule has 2 aromatic heterocycles. The van der Waals surface area contributed by atoms with E-state index in [9.17, 15) is 9.18 Å². The fourth-order valence-electron chi connectivity index (χ4n) is 2.41. The summed E-state index contributed by atoms with van der Waals surface area (Å²) >= 11 is 7.14. The van der Waals surface area contributed by atoms with Gasteiger partial charge in [-0.25, -0.2) is 19.3 Å². The molecule has 4 rings (SSSR count). The number of rotatable bonds is 3. The number of carbonyl (C=O) groups is 1. The van der Waals surface area contributed by atoms with Gasteiger partial charge < -0.3 is 5.32 Å². The van der Waals surface area contributed by atoms with Crippen LogP contribution < -0.4 is 5.32 Å². The van der Waals surface area contributed by atoms with E-state index in [1.165, 1.54) is 35.9 Å². The normalized spacial score (nSPS) is 10.8. The Morgan fingerprint density at radius 3 is 2.73 bits per heavy atom. The van der Waals surface area contributed by atoms with Gasteiger partial charge in [-0.05, 0) is 30.3 Å². The highest BCUT2D eigenvalue weighted by atomic mass is 35.5. The molecule has 0 spiro atoms. The molecule has 0 unspecified atom stereocenters. The molecule has 2 aromatic carbocycles. The van der Waals surface area contributed by atoms with E-state index in [2.05, 4.69) is 20.3 Å². The van der Waals surface area contributed by atoms with Crippen LogP contribution in [0.4, 0.5) is 10.1 Å². The highest BCUT2D eigenvalue weighted by Crippen LogP contribution is 2.30. The Balaban J connectivity index is 1.72. The van der Waals surface area contributed by atoms with Gasteiger partial charge >= 0.3 is 0 Å². The number of halogens is 2. The third kappa shape index (κ3) is 3.14. The molecule has 1 amide bonds. The molecular weight excluding hydrogens is 375 g/mol. The number of fused-ring (bicyclic) bond motifs is 1. The Labute approximate surface area is 156 Å². The summed E-state index contributed by atoms with van der Waals surface area (Å²) < 4.78 is 14.9. The lowest BCUT2D eigenvalue weighted by atomic mass is 10.2. The predicted octanol–water partition coefficient (Wildman–Crippen LogP) is 4.80. The first-order valence-electron chi connectivity index (χ1n) is 7.55. The van der Waals surface area contributed by atoms with E-state index in [0.717, 1.165) is 16.3 Å². The molecule has 26 heavy (non-hydrogen) atoms. The number of carbonyl (C=O) groups excluding carboxylic acids is 1. The van der Waals surface area contributed by atoms with Gasteiger partial charge in [-0.2, -0.15) is 0 Å². The predicted molar refractivity (Wildman–Crippen MR) is 100 cm³/mol. The van der Waals surface area contributed by atoms with Gasteiger partial charge in [0.25, 0.3) is 5.91 Å². The lowest BCUT2D eigenvalue weighted by Gasteiger charge is -2.08. The molecule has 1 N–H and O–H groups in total. The van der Waals surface area contributed by atoms with E-state index < -0.39 is 11.7 Å². The van der Waals surface area contributed by atoms with Crippen LogP contribution in [0.1, 0.15) is 10.5 Å². The van der Waals surface area contributed by atoms with Gasteiger partial charge in [0.2, 0.25) is 0 Å². The molecule has 8 heteroatoms. The zero-order chi connectivity index (χ0) is 18.1. The molecule has 0 aliphatic rings. The minimum atomic E-state index is -0.628. The van der Waals surface area contributed by atoms with Crippen molar-refractivity contribution in [2.45, 2.75) is 0 Å². The number of hydrogen-bond acceptors (Lipinski definition) is 5. The van der Waals surface area contributed by atoms with Gasteiger partial charge in [-0.3, -0.25) is 4.79 Å². The molecule has 0 aliphatic heterocycles. The van der Waals surface area contributed by atoms with Crippen LogP contribution >= 0.6 is 22.9 Å². The number of thiazole rings is 1. The average molecular weight is 385 g/mol. The standard InChI is InChI=1S/C18H10ClFN4OS/c19-10-5-6-12(11(20)9-10)23-17(25)15-16(22-8-7-21-15)18-24-13-3-1-2-4-14(13)26-18/h1-9H,(H,23,25). The first-order chi connectivity index (χ1) is 12.6. The molecule has 5 nitrogen and oxygen atoms in total. The number of aromatic nitrogens is 3. The lowest BCUT2D eigenvalue weighted by molar-refractivity contribution is 0.102. The minimum Gasteiger partial charge on any atom is -0.318 e. The highest BCUT2D eigenvalue weighted by molar-refractivity contribution is 7.21. The van der Waals surface area contributed by atoms with Gasteiger partial charge in [-0.1, -0.05) is 23.7 Å². The van der Waals surface area contributed by atoms with E-state index in [1.807, 2.05) is 24.3 Å². The number of nitrogens with one attached hydrogen (secondary N) is 1. The highest BCUT2D eigenvalue weighted by Gasteiger charge is 2.20. The summed E-state index contributed by atoms with van der Waals surface area (Å²) in [6.45, 7) is 0. The Bertz CT molecular complexity index is 1100. The van der Waals surface area contributed by atoms with Crippen LogP contribution in [0.3, 0.4) is 0 Å². The fraction of sp³-hybridized carbons (Fsp3) is 0. The molecule has 128 valence electrons. The molecular formula is C18H10ClFN4OS. The fourth-order valence-corrected chi connectivity index (χ4v) is 3.53. The average Bonchev–Trinajstić information content (AvgIpc) is 3.08. The molecule has 4 aromatic rings. The van der Waals surface area contributed by atoms with Crippen molar-refractivity contribution in [1.82, 2.24) is 15.0 Å². The third-order valence-corrected chi connectivity index (χ3v) is 4.87. The SMILES string of the molecule is O=C(Nc1ccc(Cl)cc1F)c1nccnc1-c1nc2ccccc2s1. The zero-order valence-corrected chi connectivity index (χ0v) is 14.7. The van der Waals surface area contributed by atoms with Crippen molar-refractivity contribution < 1.29 is 9.18 Å². The molecule has 0 fully saturated rings. The maximum atomic E-state index is 13.9. The maximum Gasteiger partial charge on any atom is 0.276 e. The van der Waals surface area contributed by atoms with Crippen LogP contribution in [0.5, 0.6) is 0 Å². The summed E-state index contributed by atoms with van der Waals surface area (Å²) in [5.74, 6) is -1.20. The first-order valence-corrected chi connectivity index (χ1v) is 8.74. The van der Waals surface area contributed by atoms with E-state index >= 15 is 0 Å². The third-order valence-electron chi connectivity index (χ3n) is 3.59. The molecule has 0 bridgehead atoms. The van der Waals surface area contributed by atoms with Crippen LogP contribution in [0, 0.1) is 5.82 Å². The van der Waals surface area contributed by atoms with E-state index in [0.29, 0.717) is 10.7 Å². The van der Waals surface area contributed by atoms with Gasteiger partial charge in [-0.15, -0.1) is 11.3 Å². The summed E-state index contributed by atoms with van der Waals surface area (Å²) in [5, 5.41) is 3.32. The first kappa shape index (κ1) is 16.6.